The number of rotatable bonds is 7. The lowest BCUT2D eigenvalue weighted by Gasteiger charge is -2.10. The summed E-state index contributed by atoms with van der Waals surface area (Å²) in [5, 5.41) is 15.3. The zero-order valence-corrected chi connectivity index (χ0v) is 17.9. The third-order valence-electron chi connectivity index (χ3n) is 4.75. The van der Waals surface area contributed by atoms with E-state index in [2.05, 4.69) is 16.0 Å². The maximum Gasteiger partial charge on any atom is 0.312 e. The molecule has 0 aliphatic carbocycles. The molecule has 32 heavy (non-hydrogen) atoms. The number of hydrazine groups is 1. The maximum absolute atomic E-state index is 12.3. The van der Waals surface area contributed by atoms with Gasteiger partial charge in [-0.15, -0.1) is 0 Å². The van der Waals surface area contributed by atoms with Gasteiger partial charge in [-0.25, -0.2) is 0 Å². The quantitative estimate of drug-likeness (QED) is 0.432. The SMILES string of the molecule is Cc1cccc(OCC(=O)NNC(=O)c2ccc(Cn3nc(C)c([N+](=O)[O-])c3C)cc2)c1. The predicted molar refractivity (Wildman–Crippen MR) is 116 cm³/mol. The summed E-state index contributed by atoms with van der Waals surface area (Å²) in [6.45, 7) is 5.24. The van der Waals surface area contributed by atoms with Gasteiger partial charge >= 0.3 is 5.69 Å². The molecule has 0 saturated heterocycles. The Balaban J connectivity index is 1.52. The summed E-state index contributed by atoms with van der Waals surface area (Å²) in [5.41, 5.74) is 7.63. The Bertz CT molecular complexity index is 1150. The van der Waals surface area contributed by atoms with Gasteiger partial charge < -0.3 is 4.74 Å². The molecule has 10 heteroatoms. The van der Waals surface area contributed by atoms with Crippen molar-refractivity contribution in [3.05, 3.63) is 86.7 Å². The minimum atomic E-state index is -0.498. The number of carbonyl (C=O) groups is 2. The highest BCUT2D eigenvalue weighted by atomic mass is 16.6. The van der Waals surface area contributed by atoms with E-state index in [-0.39, 0.29) is 12.3 Å². The van der Waals surface area contributed by atoms with Crippen LogP contribution in [0.3, 0.4) is 0 Å². The monoisotopic (exact) mass is 437 g/mol. The fraction of sp³-hybridized carbons (Fsp3) is 0.227. The van der Waals surface area contributed by atoms with E-state index in [1.54, 1.807) is 54.9 Å². The summed E-state index contributed by atoms with van der Waals surface area (Å²) in [4.78, 5) is 34.8. The Kier molecular flexibility index (Phi) is 6.83. The zero-order chi connectivity index (χ0) is 23.3. The van der Waals surface area contributed by atoms with E-state index in [9.17, 15) is 19.7 Å². The Hall–Kier alpha value is -4.21. The van der Waals surface area contributed by atoms with Crippen LogP contribution in [0.4, 0.5) is 5.69 Å². The average Bonchev–Trinajstić information content (AvgIpc) is 3.04. The van der Waals surface area contributed by atoms with Crippen molar-refractivity contribution < 1.29 is 19.2 Å². The third kappa shape index (κ3) is 5.48. The van der Waals surface area contributed by atoms with E-state index in [1.165, 1.54) is 0 Å². The molecule has 10 nitrogen and oxygen atoms in total. The fourth-order valence-electron chi connectivity index (χ4n) is 3.13. The van der Waals surface area contributed by atoms with Crippen LogP contribution in [0.15, 0.2) is 48.5 Å². The zero-order valence-electron chi connectivity index (χ0n) is 17.9. The molecule has 0 saturated carbocycles. The van der Waals surface area contributed by atoms with Crippen molar-refractivity contribution in [2.75, 3.05) is 6.61 Å². The van der Waals surface area contributed by atoms with Crippen molar-refractivity contribution in [2.45, 2.75) is 27.3 Å². The van der Waals surface area contributed by atoms with Crippen LogP contribution in [-0.4, -0.2) is 33.1 Å². The molecule has 0 fully saturated rings. The summed E-state index contributed by atoms with van der Waals surface area (Å²) < 4.78 is 6.93. The van der Waals surface area contributed by atoms with Crippen molar-refractivity contribution in [3.63, 3.8) is 0 Å². The smallest absolute Gasteiger partial charge is 0.312 e. The highest BCUT2D eigenvalue weighted by molar-refractivity contribution is 5.95. The number of nitrogens with one attached hydrogen (secondary N) is 2. The molecule has 3 aromatic rings. The molecule has 3 rings (SSSR count). The predicted octanol–water partition coefficient (Wildman–Crippen LogP) is 2.60. The van der Waals surface area contributed by atoms with Gasteiger partial charge in [0.05, 0.1) is 11.5 Å². The topological polar surface area (TPSA) is 128 Å². The van der Waals surface area contributed by atoms with Crippen LogP contribution in [0.5, 0.6) is 5.75 Å². The van der Waals surface area contributed by atoms with Crippen molar-refractivity contribution in [1.82, 2.24) is 20.6 Å². The van der Waals surface area contributed by atoms with E-state index < -0.39 is 16.7 Å². The second-order valence-electron chi connectivity index (χ2n) is 7.24. The Morgan fingerprint density at radius 1 is 1.09 bits per heavy atom. The fourth-order valence-corrected chi connectivity index (χ4v) is 3.13. The molecule has 0 bridgehead atoms. The third-order valence-corrected chi connectivity index (χ3v) is 4.75. The number of carbonyl (C=O) groups excluding carboxylic acids is 2. The van der Waals surface area contributed by atoms with Gasteiger partial charge in [-0.2, -0.15) is 5.10 Å². The van der Waals surface area contributed by atoms with Gasteiger partial charge in [0, 0.05) is 5.56 Å². The Morgan fingerprint density at radius 3 is 2.44 bits per heavy atom. The summed E-state index contributed by atoms with van der Waals surface area (Å²) >= 11 is 0. The minimum Gasteiger partial charge on any atom is -0.484 e. The molecule has 0 aliphatic rings. The molecule has 2 N–H and O–H groups in total. The largest absolute Gasteiger partial charge is 0.484 e. The lowest BCUT2D eigenvalue weighted by molar-refractivity contribution is -0.386. The molecule has 2 aromatic carbocycles. The first kappa shape index (κ1) is 22.5. The molecule has 0 radical (unpaired) electrons. The summed E-state index contributed by atoms with van der Waals surface area (Å²) in [5.74, 6) is -0.417. The van der Waals surface area contributed by atoms with Gasteiger partial charge in [-0.05, 0) is 56.2 Å². The average molecular weight is 437 g/mol. The molecule has 1 heterocycles. The van der Waals surface area contributed by atoms with Crippen LogP contribution >= 0.6 is 0 Å². The Morgan fingerprint density at radius 2 is 1.81 bits per heavy atom. The van der Waals surface area contributed by atoms with Gasteiger partial charge in [0.25, 0.3) is 11.8 Å². The minimum absolute atomic E-state index is 0.00289. The van der Waals surface area contributed by atoms with Gasteiger partial charge in [-0.1, -0.05) is 24.3 Å². The maximum atomic E-state index is 12.3. The van der Waals surface area contributed by atoms with E-state index in [4.69, 9.17) is 4.74 Å². The molecule has 0 spiro atoms. The van der Waals surface area contributed by atoms with Crippen molar-refractivity contribution in [2.24, 2.45) is 0 Å². The molecular formula is C22H23N5O5. The van der Waals surface area contributed by atoms with E-state index in [0.717, 1.165) is 11.1 Å². The lowest BCUT2D eigenvalue weighted by Crippen LogP contribution is -2.43. The van der Waals surface area contributed by atoms with Crippen LogP contribution in [0.2, 0.25) is 0 Å². The van der Waals surface area contributed by atoms with Crippen molar-refractivity contribution >= 4 is 17.5 Å². The molecule has 1 aromatic heterocycles. The first-order valence-electron chi connectivity index (χ1n) is 9.80. The molecular weight excluding hydrogens is 414 g/mol. The lowest BCUT2D eigenvalue weighted by atomic mass is 10.1. The van der Waals surface area contributed by atoms with Gasteiger partial charge in [0.1, 0.15) is 17.1 Å². The second kappa shape index (κ2) is 9.73. The molecule has 166 valence electrons. The first-order valence-corrected chi connectivity index (χ1v) is 9.80. The van der Waals surface area contributed by atoms with Gasteiger partial charge in [0.2, 0.25) is 0 Å². The summed E-state index contributed by atoms with van der Waals surface area (Å²) in [6.07, 6.45) is 0. The molecule has 2 amide bonds. The van der Waals surface area contributed by atoms with Crippen LogP contribution < -0.4 is 15.6 Å². The normalized spacial score (nSPS) is 10.5. The van der Waals surface area contributed by atoms with Crippen molar-refractivity contribution in [1.29, 1.82) is 0 Å². The second-order valence-corrected chi connectivity index (χ2v) is 7.24. The first-order chi connectivity index (χ1) is 15.2. The van der Waals surface area contributed by atoms with Gasteiger partial charge in [-0.3, -0.25) is 35.2 Å². The highest BCUT2D eigenvalue weighted by Crippen LogP contribution is 2.22. The summed E-state index contributed by atoms with van der Waals surface area (Å²) in [6, 6.07) is 13.9. The Labute approximate surface area is 184 Å². The highest BCUT2D eigenvalue weighted by Gasteiger charge is 2.21. The molecule has 0 unspecified atom stereocenters. The number of aryl methyl sites for hydroxylation is 2. The number of aromatic nitrogens is 2. The number of amides is 2. The molecule has 0 aliphatic heterocycles. The van der Waals surface area contributed by atoms with Gasteiger partial charge in [0.15, 0.2) is 6.61 Å². The number of hydrogen-bond acceptors (Lipinski definition) is 6. The van der Waals surface area contributed by atoms with Crippen molar-refractivity contribution in [3.8, 4) is 5.75 Å². The number of ether oxygens (including phenoxy) is 1. The van der Waals surface area contributed by atoms with E-state index >= 15 is 0 Å². The van der Waals surface area contributed by atoms with E-state index in [0.29, 0.717) is 29.2 Å². The van der Waals surface area contributed by atoms with E-state index in [1.807, 2.05) is 19.1 Å². The number of nitrogens with zero attached hydrogens (tertiary/aromatic N) is 3. The van der Waals surface area contributed by atoms with Crippen LogP contribution in [0.25, 0.3) is 0 Å². The number of nitro groups is 1. The van der Waals surface area contributed by atoms with Crippen LogP contribution in [0, 0.1) is 30.9 Å². The number of hydrogen-bond donors (Lipinski definition) is 2. The number of benzene rings is 2. The summed E-state index contributed by atoms with van der Waals surface area (Å²) in [7, 11) is 0. The van der Waals surface area contributed by atoms with Crippen LogP contribution in [-0.2, 0) is 11.3 Å². The standard InChI is InChI=1S/C22H23N5O5/c1-14-5-4-6-19(11-14)32-13-20(28)23-24-22(29)18-9-7-17(8-10-18)12-26-16(3)21(27(30)31)15(2)25-26/h4-11H,12-13H2,1-3H3,(H,23,28)(H,24,29). The molecule has 0 atom stereocenters. The van der Waals surface area contributed by atoms with Crippen LogP contribution in [0.1, 0.15) is 32.9 Å².